The van der Waals surface area contributed by atoms with Gasteiger partial charge in [-0.25, -0.2) is 18.0 Å². The van der Waals surface area contributed by atoms with E-state index in [1.165, 1.54) is 23.9 Å². The number of nitrogens with zero attached hydrogens (tertiary/aromatic N) is 8. The highest BCUT2D eigenvalue weighted by molar-refractivity contribution is 6.00. The van der Waals surface area contributed by atoms with E-state index in [4.69, 9.17) is 9.15 Å². The van der Waals surface area contributed by atoms with Gasteiger partial charge in [-0.1, -0.05) is 5.10 Å². The van der Waals surface area contributed by atoms with Gasteiger partial charge in [-0.3, -0.25) is 14.9 Å². The minimum Gasteiger partial charge on any atom is -0.492 e. The first-order valence-corrected chi connectivity index (χ1v) is 20.2. The van der Waals surface area contributed by atoms with Crippen molar-refractivity contribution in [3.05, 3.63) is 62.4 Å². The Kier molecular flexibility index (Phi) is 9.81. The molecule has 15 nitrogen and oxygen atoms in total. The van der Waals surface area contributed by atoms with E-state index in [-0.39, 0.29) is 57.7 Å². The SMILES string of the molecule is CCn1cc(NC(=O)Nc2nnc(-c3cn(C4CC4)c4c(OC)c(N5CC6CCCN(C)C6C5)c(F)cc4c3=O)o2)c(=O)c2cc(F)c(N3CCN(C)C(C)C3)c(F)c21. The molecular weight excluding hydrogens is 770 g/mol. The van der Waals surface area contributed by atoms with Gasteiger partial charge in [0.2, 0.25) is 10.9 Å². The number of aromatic nitrogens is 4. The van der Waals surface area contributed by atoms with E-state index in [1.54, 1.807) is 18.0 Å². The number of ether oxygens (including phenoxy) is 1. The number of benzene rings is 2. The highest BCUT2D eigenvalue weighted by atomic mass is 19.1. The van der Waals surface area contributed by atoms with Crippen molar-refractivity contribution in [1.82, 2.24) is 29.1 Å². The van der Waals surface area contributed by atoms with Crippen LogP contribution in [0.25, 0.3) is 33.3 Å². The first kappa shape index (κ1) is 38.9. The van der Waals surface area contributed by atoms with E-state index in [0.717, 1.165) is 38.3 Å². The van der Waals surface area contributed by atoms with Crippen LogP contribution in [-0.2, 0) is 6.54 Å². The molecule has 3 atom stereocenters. The van der Waals surface area contributed by atoms with Gasteiger partial charge in [0.15, 0.2) is 17.4 Å². The predicted molar refractivity (Wildman–Crippen MR) is 218 cm³/mol. The molecule has 5 aromatic rings. The number of rotatable bonds is 8. The summed E-state index contributed by atoms with van der Waals surface area (Å²) in [6.07, 6.45) is 6.75. The minimum absolute atomic E-state index is 0.00296. The summed E-state index contributed by atoms with van der Waals surface area (Å²) in [4.78, 5) is 49.1. The second-order valence-corrected chi connectivity index (χ2v) is 16.3. The Morgan fingerprint density at radius 3 is 2.32 bits per heavy atom. The number of hydrogen-bond donors (Lipinski definition) is 2. The summed E-state index contributed by atoms with van der Waals surface area (Å²) in [5.74, 6) is -1.80. The number of fused-ring (bicyclic) bond motifs is 3. The van der Waals surface area contributed by atoms with Crippen LogP contribution in [0.2, 0.25) is 0 Å². The Hall–Kier alpha value is -5.62. The molecule has 3 aromatic heterocycles. The summed E-state index contributed by atoms with van der Waals surface area (Å²) in [6.45, 7) is 7.71. The minimum atomic E-state index is -0.954. The molecule has 0 spiro atoms. The van der Waals surface area contributed by atoms with Crippen LogP contribution in [-0.4, -0.2) is 108 Å². The monoisotopic (exact) mass is 816 g/mol. The zero-order valence-electron chi connectivity index (χ0n) is 33.6. The number of hydrogen-bond acceptors (Lipinski definition) is 11. The van der Waals surface area contributed by atoms with Crippen LogP contribution in [0.1, 0.15) is 45.6 Å². The van der Waals surface area contributed by atoms with Crippen LogP contribution in [0.4, 0.5) is 41.0 Å². The van der Waals surface area contributed by atoms with Crippen LogP contribution in [0.15, 0.2) is 38.5 Å². The Morgan fingerprint density at radius 2 is 1.63 bits per heavy atom. The van der Waals surface area contributed by atoms with E-state index in [9.17, 15) is 14.4 Å². The van der Waals surface area contributed by atoms with Gasteiger partial charge in [0.05, 0.1) is 28.9 Å². The summed E-state index contributed by atoms with van der Waals surface area (Å²) < 4.78 is 63.0. The molecule has 0 radical (unpaired) electrons. The van der Waals surface area contributed by atoms with Crippen molar-refractivity contribution >= 4 is 50.9 Å². The summed E-state index contributed by atoms with van der Waals surface area (Å²) in [5, 5.41) is 12.6. The number of halogens is 3. The lowest BCUT2D eigenvalue weighted by Gasteiger charge is -2.39. The van der Waals surface area contributed by atoms with Crippen molar-refractivity contribution in [2.45, 2.75) is 64.2 Å². The van der Waals surface area contributed by atoms with E-state index < -0.39 is 40.4 Å². The molecule has 3 unspecified atom stereocenters. The van der Waals surface area contributed by atoms with Crippen molar-refractivity contribution in [1.29, 1.82) is 0 Å². The number of carbonyl (C=O) groups excluding carboxylic acids is 1. The highest BCUT2D eigenvalue weighted by Crippen LogP contribution is 2.46. The lowest BCUT2D eigenvalue weighted by molar-refractivity contribution is 0.158. The van der Waals surface area contributed by atoms with Crippen molar-refractivity contribution in [2.75, 3.05) is 80.9 Å². The fraction of sp³-hybridized carbons (Fsp3) is 0.488. The molecule has 2 N–H and O–H groups in total. The topological polar surface area (TPSA) is 146 Å². The second-order valence-electron chi connectivity index (χ2n) is 16.3. The van der Waals surface area contributed by atoms with Crippen molar-refractivity contribution in [2.24, 2.45) is 5.92 Å². The Bertz CT molecular complexity index is 2630. The average Bonchev–Trinajstić information content (AvgIpc) is 3.79. The fourth-order valence-electron chi connectivity index (χ4n) is 9.30. The molecule has 18 heteroatoms. The number of methoxy groups -OCH3 is 1. The van der Waals surface area contributed by atoms with Crippen molar-refractivity contribution in [3.8, 4) is 17.2 Å². The van der Waals surface area contributed by atoms with Gasteiger partial charge in [-0.05, 0) is 78.2 Å². The van der Waals surface area contributed by atoms with Gasteiger partial charge in [-0.2, -0.15) is 0 Å². The molecule has 0 bridgehead atoms. The molecule has 1 saturated carbocycles. The van der Waals surface area contributed by atoms with Crippen molar-refractivity contribution < 1.29 is 27.1 Å². The average molecular weight is 817 g/mol. The third-order valence-electron chi connectivity index (χ3n) is 12.7. The van der Waals surface area contributed by atoms with E-state index in [2.05, 4.69) is 37.7 Å². The van der Waals surface area contributed by atoms with Gasteiger partial charge in [0.25, 0.3) is 5.89 Å². The maximum atomic E-state index is 16.3. The standard InChI is InChI=1S/C41H47F3N10O5/c1-6-51-19-29(37(56)24-14-27(42)34(31(44)32(24)51)52-13-12-49(3)21(2)16-52)45-40(57)46-41-48-47-39(59-41)26-18-54(23-9-10-23)33-25(36(26)55)15-28(43)35(38(33)58-5)53-17-22-8-7-11-50(4)30(22)20-53/h14-15,18-19,21-23,30H,6-13,16-17,20H2,1-5H3,(H2,45,46,48,57). The van der Waals surface area contributed by atoms with Crippen LogP contribution in [0, 0.1) is 23.4 Å². The van der Waals surface area contributed by atoms with E-state index in [1.807, 2.05) is 23.4 Å². The predicted octanol–water partition coefficient (Wildman–Crippen LogP) is 5.46. The Morgan fingerprint density at radius 1 is 0.881 bits per heavy atom. The zero-order chi connectivity index (χ0) is 41.4. The Labute approximate surface area is 337 Å². The number of amides is 2. The molecule has 59 heavy (non-hydrogen) atoms. The molecule has 2 aromatic carbocycles. The third kappa shape index (κ3) is 6.65. The van der Waals surface area contributed by atoms with Crippen molar-refractivity contribution in [3.63, 3.8) is 0 Å². The molecule has 3 saturated heterocycles. The molecule has 3 aliphatic heterocycles. The molecular formula is C41H47F3N10O5. The molecule has 1 aliphatic carbocycles. The quantitative estimate of drug-likeness (QED) is 0.206. The maximum absolute atomic E-state index is 16.3. The van der Waals surface area contributed by atoms with Crippen LogP contribution in [0.3, 0.4) is 0 Å². The summed E-state index contributed by atoms with van der Waals surface area (Å²) in [6, 6.07) is 1.32. The second kappa shape index (κ2) is 14.9. The smallest absolute Gasteiger partial charge is 0.327 e. The van der Waals surface area contributed by atoms with E-state index >= 15 is 13.2 Å². The van der Waals surface area contributed by atoms with Gasteiger partial charge in [0.1, 0.15) is 28.4 Å². The number of aryl methyl sites for hydroxylation is 1. The number of anilines is 4. The normalized spacial score (nSPS) is 21.4. The van der Waals surface area contributed by atoms with E-state index in [0.29, 0.717) is 61.6 Å². The summed E-state index contributed by atoms with van der Waals surface area (Å²) >= 11 is 0. The van der Waals surface area contributed by atoms with Crippen LogP contribution >= 0.6 is 0 Å². The largest absolute Gasteiger partial charge is 0.492 e. The number of nitrogens with one attached hydrogen (secondary N) is 2. The van der Waals surface area contributed by atoms with Gasteiger partial charge < -0.3 is 43.2 Å². The number of urea groups is 1. The molecule has 312 valence electrons. The first-order chi connectivity index (χ1) is 28.4. The molecule has 4 aliphatic rings. The van der Waals surface area contributed by atoms with Gasteiger partial charge >= 0.3 is 12.0 Å². The van der Waals surface area contributed by atoms with Crippen LogP contribution < -0.4 is 36.0 Å². The fourth-order valence-corrected chi connectivity index (χ4v) is 9.30. The lowest BCUT2D eigenvalue weighted by Crippen LogP contribution is -2.50. The Balaban J connectivity index is 0.996. The van der Waals surface area contributed by atoms with Gasteiger partial charge in [-0.15, -0.1) is 5.10 Å². The number of piperidine rings is 1. The number of likely N-dealkylation sites (N-methyl/N-ethyl adjacent to an activating group) is 2. The number of piperazine rings is 1. The number of likely N-dealkylation sites (tertiary alicyclic amines) is 1. The maximum Gasteiger partial charge on any atom is 0.327 e. The van der Waals surface area contributed by atoms with Crippen LogP contribution in [0.5, 0.6) is 5.75 Å². The lowest BCUT2D eigenvalue weighted by atomic mass is 9.93. The summed E-state index contributed by atoms with van der Waals surface area (Å²) in [7, 11) is 5.55. The zero-order valence-corrected chi connectivity index (χ0v) is 33.6. The number of pyridine rings is 2. The molecule has 2 amide bonds. The number of carbonyl (C=O) groups is 1. The molecule has 4 fully saturated rings. The third-order valence-corrected chi connectivity index (χ3v) is 12.7. The molecule has 9 rings (SSSR count). The first-order valence-electron chi connectivity index (χ1n) is 20.2. The highest BCUT2D eigenvalue weighted by Gasteiger charge is 2.40. The molecule has 6 heterocycles. The summed E-state index contributed by atoms with van der Waals surface area (Å²) in [5.41, 5.74) is -1.03. The van der Waals surface area contributed by atoms with Gasteiger partial charge in [0, 0.05) is 69.8 Å².